The van der Waals surface area contributed by atoms with E-state index >= 15 is 0 Å². The van der Waals surface area contributed by atoms with Gasteiger partial charge in [0, 0.05) is 36.5 Å². The molecule has 10 heteroatoms. The molecule has 5 aliphatic heterocycles. The molecule has 2 spiro atoms. The van der Waals surface area contributed by atoms with Gasteiger partial charge in [0.15, 0.2) is 11.6 Å². The van der Waals surface area contributed by atoms with Crippen molar-refractivity contribution in [1.82, 2.24) is 0 Å². The van der Waals surface area contributed by atoms with E-state index in [2.05, 4.69) is 33.8 Å². The number of carbonyl (C=O) groups excluding carboxylic acids is 1. The Morgan fingerprint density at radius 2 is 1.58 bits per heavy atom. The Balaban J connectivity index is 1.29. The van der Waals surface area contributed by atoms with Gasteiger partial charge in [-0.1, -0.05) is 61.5 Å². The number of carbonyl (C=O) groups is 2. The smallest absolute Gasteiger partial charge is 0.309 e. The Morgan fingerprint density at radius 1 is 0.885 bits per heavy atom. The summed E-state index contributed by atoms with van der Waals surface area (Å²) < 4.78 is 33.9. The minimum absolute atomic E-state index is 0.0134. The average molecular weight is 735 g/mol. The summed E-state index contributed by atoms with van der Waals surface area (Å²) in [5.74, 6) is -4.67. The second kappa shape index (κ2) is 16.0. The molecule has 4 fully saturated rings. The normalized spacial score (nSPS) is 45.4. The number of hydrogen-bond donors (Lipinski definition) is 3. The molecule has 3 N–H and O–H groups in total. The van der Waals surface area contributed by atoms with Crippen molar-refractivity contribution in [3.8, 4) is 0 Å². The number of aliphatic carboxylic acids is 1. The average Bonchev–Trinajstić information content (AvgIpc) is 3.43. The van der Waals surface area contributed by atoms with Crippen molar-refractivity contribution in [2.75, 3.05) is 0 Å². The summed E-state index contributed by atoms with van der Waals surface area (Å²) in [6, 6.07) is 0. The molecule has 0 aromatic heterocycles. The predicted octanol–water partition coefficient (Wildman–Crippen LogP) is 7.22. The lowest BCUT2D eigenvalue weighted by Crippen LogP contribution is -2.60. The maximum atomic E-state index is 14.4. The summed E-state index contributed by atoms with van der Waals surface area (Å²) in [6.07, 6.45) is 8.95. The number of ether oxygens (including phenoxy) is 5. The van der Waals surface area contributed by atoms with E-state index in [1.54, 1.807) is 0 Å². The molecule has 0 aromatic rings. The first kappa shape index (κ1) is 41.8. The summed E-state index contributed by atoms with van der Waals surface area (Å²) >= 11 is 0. The zero-order valence-corrected chi connectivity index (χ0v) is 33.6. The van der Waals surface area contributed by atoms with Crippen molar-refractivity contribution < 1.29 is 48.6 Å². The Morgan fingerprint density at radius 3 is 2.19 bits per heavy atom. The third-order valence-corrected chi connectivity index (χ3v) is 14.3. The first-order chi connectivity index (χ1) is 24.4. The molecule has 2 unspecified atom stereocenters. The molecule has 5 aliphatic rings. The lowest BCUT2D eigenvalue weighted by atomic mass is 9.72. The van der Waals surface area contributed by atoms with Crippen LogP contribution in [0.4, 0.5) is 0 Å². The Labute approximate surface area is 312 Å². The second-order valence-electron chi connectivity index (χ2n) is 17.8. The molecular formula is C42H70O10. The van der Waals surface area contributed by atoms with Crippen LogP contribution in [0.1, 0.15) is 140 Å². The van der Waals surface area contributed by atoms with Gasteiger partial charge in [-0.15, -0.1) is 0 Å². The van der Waals surface area contributed by atoms with Crippen LogP contribution in [0.5, 0.6) is 0 Å². The second-order valence-corrected chi connectivity index (χ2v) is 17.8. The molecule has 5 heterocycles. The number of ketones is 1. The molecule has 4 saturated heterocycles. The van der Waals surface area contributed by atoms with Gasteiger partial charge in [0.05, 0.1) is 53.7 Å². The van der Waals surface area contributed by atoms with Crippen LogP contribution in [-0.2, 0) is 33.3 Å². The van der Waals surface area contributed by atoms with E-state index < -0.39 is 64.8 Å². The molecule has 0 aliphatic carbocycles. The number of hydrogen-bond acceptors (Lipinski definition) is 9. The van der Waals surface area contributed by atoms with E-state index in [0.29, 0.717) is 51.4 Å². The highest BCUT2D eigenvalue weighted by Gasteiger charge is 2.60. The standard InChI is InChI=1S/C42H70O10/c1-11-30(38(45)46)32-16-15-24(4)36(49-32)28(8)34(43)27(7)35(44)31(12-2)37-25(5)23-26(6)42(50-37)19-14-18-41(52-42)22-21-39(10,51-41)33-17-20-40(47,13-3)29(9)48-33/h14,19,24-34,36-37,43,47H,11-13,15-18,20-23H2,1-10H3,(H,45,46)/t24-,25-,26+,27-,28-,29-,30?,31-,32+,33+,34+,36+,37-,39-,40+,41?,42+/m0/s1. The molecule has 298 valence electrons. The number of aliphatic hydroxyl groups is 2. The SMILES string of the molecule is CCC(C(=O)O)[C@H]1CC[C@H](C)[C@H]([C@@H](C)[C@H](O)[C@H](C)C(=O)[C@H](CC)[C@H]2O[C@@]3(C=CCC4(CC[C@@](C)([C@H]5CC[C@](O)(CC)[C@H](C)O5)O4)O3)[C@H](C)C[C@@H]2C)O1. The van der Waals surface area contributed by atoms with E-state index in [-0.39, 0.29) is 47.8 Å². The van der Waals surface area contributed by atoms with E-state index in [9.17, 15) is 24.9 Å². The van der Waals surface area contributed by atoms with Crippen LogP contribution in [0.15, 0.2) is 12.2 Å². The quantitative estimate of drug-likeness (QED) is 0.176. The maximum absolute atomic E-state index is 14.4. The first-order valence-electron chi connectivity index (χ1n) is 20.6. The topological polar surface area (TPSA) is 141 Å². The number of carboxylic acid groups (broad SMARTS) is 1. The number of aliphatic hydroxyl groups excluding tert-OH is 1. The molecule has 0 bridgehead atoms. The summed E-state index contributed by atoms with van der Waals surface area (Å²) in [4.78, 5) is 26.3. The van der Waals surface area contributed by atoms with Gasteiger partial charge >= 0.3 is 5.97 Å². The van der Waals surface area contributed by atoms with E-state index in [4.69, 9.17) is 23.7 Å². The third kappa shape index (κ3) is 7.83. The van der Waals surface area contributed by atoms with Crippen molar-refractivity contribution >= 4 is 11.8 Å². The van der Waals surface area contributed by atoms with Crippen molar-refractivity contribution in [2.45, 2.75) is 199 Å². The minimum atomic E-state index is -1.06. The molecular weight excluding hydrogens is 664 g/mol. The molecule has 10 nitrogen and oxygen atoms in total. The Kier molecular flexibility index (Phi) is 12.8. The van der Waals surface area contributed by atoms with Gasteiger partial charge in [0.25, 0.3) is 0 Å². The van der Waals surface area contributed by atoms with Gasteiger partial charge in [-0.25, -0.2) is 0 Å². The lowest BCUT2D eigenvalue weighted by molar-refractivity contribution is -0.393. The van der Waals surface area contributed by atoms with E-state index in [1.165, 1.54) is 0 Å². The molecule has 0 radical (unpaired) electrons. The lowest BCUT2D eigenvalue weighted by Gasteiger charge is -2.53. The van der Waals surface area contributed by atoms with E-state index in [0.717, 1.165) is 19.3 Å². The molecule has 5 rings (SSSR count). The van der Waals surface area contributed by atoms with Crippen LogP contribution >= 0.6 is 0 Å². The zero-order chi connectivity index (χ0) is 38.4. The molecule has 17 atom stereocenters. The summed E-state index contributed by atoms with van der Waals surface area (Å²) in [5, 5.41) is 32.5. The zero-order valence-electron chi connectivity index (χ0n) is 33.6. The Hall–Kier alpha value is -1.40. The van der Waals surface area contributed by atoms with Crippen molar-refractivity contribution in [3.63, 3.8) is 0 Å². The van der Waals surface area contributed by atoms with E-state index in [1.807, 2.05) is 47.6 Å². The van der Waals surface area contributed by atoms with Crippen molar-refractivity contribution in [1.29, 1.82) is 0 Å². The predicted molar refractivity (Wildman–Crippen MR) is 197 cm³/mol. The fourth-order valence-electron chi connectivity index (χ4n) is 10.5. The highest BCUT2D eigenvalue weighted by molar-refractivity contribution is 5.84. The summed E-state index contributed by atoms with van der Waals surface area (Å²) in [6.45, 7) is 20.0. The largest absolute Gasteiger partial charge is 0.481 e. The van der Waals surface area contributed by atoms with Crippen LogP contribution in [-0.4, -0.2) is 86.5 Å². The molecule has 0 amide bonds. The van der Waals surface area contributed by atoms with Gasteiger partial charge in [0.2, 0.25) is 0 Å². The van der Waals surface area contributed by atoms with Gasteiger partial charge in [-0.05, 0) is 89.5 Å². The number of carboxylic acids is 1. The van der Waals surface area contributed by atoms with Crippen molar-refractivity contribution in [2.24, 2.45) is 41.4 Å². The maximum Gasteiger partial charge on any atom is 0.309 e. The molecule has 52 heavy (non-hydrogen) atoms. The monoisotopic (exact) mass is 734 g/mol. The number of Topliss-reactive ketones (excluding diaryl/α,β-unsaturated/α-hetero) is 1. The van der Waals surface area contributed by atoms with Crippen molar-refractivity contribution in [3.05, 3.63) is 12.2 Å². The fourth-order valence-corrected chi connectivity index (χ4v) is 10.5. The van der Waals surface area contributed by atoms with Crippen LogP contribution in [0.25, 0.3) is 0 Å². The minimum Gasteiger partial charge on any atom is -0.481 e. The number of rotatable bonds is 12. The fraction of sp³-hybridized carbons (Fsp3) is 0.905. The highest BCUT2D eigenvalue weighted by atomic mass is 16.8. The van der Waals surface area contributed by atoms with Gasteiger partial charge in [0.1, 0.15) is 5.78 Å². The highest BCUT2D eigenvalue weighted by Crippen LogP contribution is 2.54. The first-order valence-corrected chi connectivity index (χ1v) is 20.6. The van der Waals surface area contributed by atoms with Gasteiger partial charge < -0.3 is 39.0 Å². The van der Waals surface area contributed by atoms with Gasteiger partial charge in [-0.2, -0.15) is 0 Å². The Bertz CT molecular complexity index is 1290. The van der Waals surface area contributed by atoms with Crippen LogP contribution < -0.4 is 0 Å². The summed E-state index contributed by atoms with van der Waals surface area (Å²) in [5.41, 5.74) is -1.40. The summed E-state index contributed by atoms with van der Waals surface area (Å²) in [7, 11) is 0. The molecule has 0 aromatic carbocycles. The van der Waals surface area contributed by atoms with Gasteiger partial charge in [-0.3, -0.25) is 9.59 Å². The van der Waals surface area contributed by atoms with Crippen LogP contribution in [0, 0.1) is 41.4 Å². The van der Waals surface area contributed by atoms with Crippen LogP contribution in [0.3, 0.4) is 0 Å². The molecule has 0 saturated carbocycles. The third-order valence-electron chi connectivity index (χ3n) is 14.3. The van der Waals surface area contributed by atoms with Crippen LogP contribution in [0.2, 0.25) is 0 Å².